The summed E-state index contributed by atoms with van der Waals surface area (Å²) in [7, 11) is 0. The van der Waals surface area contributed by atoms with Crippen LogP contribution in [0.4, 0.5) is 17.8 Å². The van der Waals surface area contributed by atoms with Crippen LogP contribution in [0.5, 0.6) is 0 Å². The van der Waals surface area contributed by atoms with Gasteiger partial charge in [0.15, 0.2) is 0 Å². The first-order valence-electron chi connectivity index (χ1n) is 8.31. The Balaban J connectivity index is 1.88. The van der Waals surface area contributed by atoms with Gasteiger partial charge < -0.3 is 15.5 Å². The Hall–Kier alpha value is -1.59. The van der Waals surface area contributed by atoms with E-state index in [0.29, 0.717) is 12.0 Å². The molecule has 2 N–H and O–H groups in total. The van der Waals surface area contributed by atoms with Crippen molar-refractivity contribution in [3.63, 3.8) is 0 Å². The molecular weight excluding hydrogens is 264 g/mol. The summed E-state index contributed by atoms with van der Waals surface area (Å²) < 4.78 is 0. The molecule has 0 saturated carbocycles. The van der Waals surface area contributed by atoms with E-state index in [2.05, 4.69) is 26.7 Å². The highest BCUT2D eigenvalue weighted by Gasteiger charge is 2.24. The lowest BCUT2D eigenvalue weighted by molar-refractivity contribution is 0.547. The largest absolute Gasteiger partial charge is 0.368 e. The molecule has 3 rings (SSSR count). The van der Waals surface area contributed by atoms with Crippen LogP contribution in [-0.4, -0.2) is 40.6 Å². The van der Waals surface area contributed by atoms with E-state index < -0.39 is 0 Å². The van der Waals surface area contributed by atoms with Gasteiger partial charge in [0.25, 0.3) is 0 Å². The molecule has 2 saturated heterocycles. The fourth-order valence-electron chi connectivity index (χ4n) is 3.42. The standard InChI is InChI=1S/C15H26N6/c1-2-12-8-4-3-5-11-21(12)15-18-13(16)17-14(19-15)20-9-6-7-10-20/h12H,2-11H2,1H3,(H2,16,17,18,19). The minimum absolute atomic E-state index is 0.348. The summed E-state index contributed by atoms with van der Waals surface area (Å²) in [5, 5.41) is 0. The number of aromatic nitrogens is 3. The van der Waals surface area contributed by atoms with Crippen LogP contribution >= 0.6 is 0 Å². The topological polar surface area (TPSA) is 71.2 Å². The predicted molar refractivity (Wildman–Crippen MR) is 85.6 cm³/mol. The summed E-state index contributed by atoms with van der Waals surface area (Å²) in [5.74, 6) is 1.88. The fourth-order valence-corrected chi connectivity index (χ4v) is 3.42. The van der Waals surface area contributed by atoms with E-state index in [-0.39, 0.29) is 0 Å². The highest BCUT2D eigenvalue weighted by Crippen LogP contribution is 2.25. The molecule has 2 aliphatic rings. The van der Waals surface area contributed by atoms with Crippen LogP contribution in [0.2, 0.25) is 0 Å². The van der Waals surface area contributed by atoms with Crippen molar-refractivity contribution >= 4 is 17.8 Å². The van der Waals surface area contributed by atoms with E-state index in [9.17, 15) is 0 Å². The summed E-state index contributed by atoms with van der Waals surface area (Å²) in [6.45, 7) is 5.33. The summed E-state index contributed by atoms with van der Waals surface area (Å²) in [6, 6.07) is 0.528. The van der Waals surface area contributed by atoms with Crippen LogP contribution in [0.1, 0.15) is 51.9 Å². The summed E-state index contributed by atoms with van der Waals surface area (Å²) in [6.07, 6.45) is 8.58. The van der Waals surface area contributed by atoms with Gasteiger partial charge in [-0.1, -0.05) is 19.8 Å². The first kappa shape index (κ1) is 14.4. The number of nitrogen functional groups attached to an aromatic ring is 1. The molecule has 1 unspecified atom stereocenters. The number of hydrogen-bond donors (Lipinski definition) is 1. The van der Waals surface area contributed by atoms with Gasteiger partial charge in [0.05, 0.1) is 0 Å². The van der Waals surface area contributed by atoms with Gasteiger partial charge in [0.1, 0.15) is 0 Å². The average molecular weight is 290 g/mol. The molecule has 0 amide bonds. The Morgan fingerprint density at radius 3 is 2.43 bits per heavy atom. The number of hydrogen-bond acceptors (Lipinski definition) is 6. The van der Waals surface area contributed by atoms with Gasteiger partial charge in [-0.2, -0.15) is 15.0 Å². The second kappa shape index (κ2) is 6.45. The summed E-state index contributed by atoms with van der Waals surface area (Å²) in [5.41, 5.74) is 5.94. The third kappa shape index (κ3) is 3.19. The lowest BCUT2D eigenvalue weighted by Gasteiger charge is -2.30. The average Bonchev–Trinajstić information content (AvgIpc) is 2.91. The zero-order valence-corrected chi connectivity index (χ0v) is 13.0. The van der Waals surface area contributed by atoms with Crippen LogP contribution in [0.3, 0.4) is 0 Å². The minimum atomic E-state index is 0.348. The second-order valence-corrected chi connectivity index (χ2v) is 6.09. The molecule has 0 aromatic carbocycles. The van der Waals surface area contributed by atoms with Crippen molar-refractivity contribution in [3.05, 3.63) is 0 Å². The van der Waals surface area contributed by atoms with Crippen molar-refractivity contribution in [2.75, 3.05) is 35.2 Å². The van der Waals surface area contributed by atoms with Crippen molar-refractivity contribution in [3.8, 4) is 0 Å². The molecule has 2 fully saturated rings. The van der Waals surface area contributed by atoms with Gasteiger partial charge in [-0.15, -0.1) is 0 Å². The molecule has 116 valence electrons. The molecular formula is C15H26N6. The lowest BCUT2D eigenvalue weighted by atomic mass is 10.1. The molecule has 0 radical (unpaired) electrons. The van der Waals surface area contributed by atoms with Crippen LogP contribution in [0.25, 0.3) is 0 Å². The maximum atomic E-state index is 5.94. The number of rotatable bonds is 3. The van der Waals surface area contributed by atoms with Crippen LogP contribution < -0.4 is 15.5 Å². The molecule has 2 aliphatic heterocycles. The molecule has 1 aromatic heterocycles. The maximum Gasteiger partial charge on any atom is 0.232 e. The Morgan fingerprint density at radius 1 is 0.952 bits per heavy atom. The van der Waals surface area contributed by atoms with E-state index >= 15 is 0 Å². The van der Waals surface area contributed by atoms with E-state index in [1.54, 1.807) is 0 Å². The van der Waals surface area contributed by atoms with E-state index in [1.165, 1.54) is 38.5 Å². The van der Waals surface area contributed by atoms with Gasteiger partial charge >= 0.3 is 0 Å². The van der Waals surface area contributed by atoms with Crippen molar-refractivity contribution in [2.24, 2.45) is 0 Å². The van der Waals surface area contributed by atoms with E-state index in [0.717, 1.165) is 38.0 Å². The molecule has 1 aromatic rings. The molecule has 1 atom stereocenters. The first-order valence-corrected chi connectivity index (χ1v) is 8.31. The zero-order chi connectivity index (χ0) is 14.7. The lowest BCUT2D eigenvalue weighted by Crippen LogP contribution is -2.36. The molecule has 0 spiro atoms. The van der Waals surface area contributed by atoms with Gasteiger partial charge in [-0.05, 0) is 32.1 Å². The number of nitrogens with two attached hydrogens (primary N) is 1. The molecule has 3 heterocycles. The van der Waals surface area contributed by atoms with Crippen molar-refractivity contribution < 1.29 is 0 Å². The Morgan fingerprint density at radius 2 is 1.67 bits per heavy atom. The first-order chi connectivity index (χ1) is 10.3. The van der Waals surface area contributed by atoms with E-state index in [1.807, 2.05) is 0 Å². The second-order valence-electron chi connectivity index (χ2n) is 6.09. The van der Waals surface area contributed by atoms with Crippen molar-refractivity contribution in [2.45, 2.75) is 57.9 Å². The van der Waals surface area contributed by atoms with Crippen LogP contribution in [0, 0.1) is 0 Å². The molecule has 21 heavy (non-hydrogen) atoms. The molecule has 0 aliphatic carbocycles. The summed E-state index contributed by atoms with van der Waals surface area (Å²) >= 11 is 0. The smallest absolute Gasteiger partial charge is 0.232 e. The number of nitrogens with zero attached hydrogens (tertiary/aromatic N) is 5. The minimum Gasteiger partial charge on any atom is -0.368 e. The third-order valence-corrected chi connectivity index (χ3v) is 4.62. The van der Waals surface area contributed by atoms with Crippen molar-refractivity contribution in [1.29, 1.82) is 0 Å². The van der Waals surface area contributed by atoms with Gasteiger partial charge in [0, 0.05) is 25.7 Å². The fraction of sp³-hybridized carbons (Fsp3) is 0.800. The highest BCUT2D eigenvalue weighted by molar-refractivity contribution is 5.44. The molecule has 0 bridgehead atoms. The van der Waals surface area contributed by atoms with Gasteiger partial charge in [-0.25, -0.2) is 0 Å². The highest BCUT2D eigenvalue weighted by atomic mass is 15.4. The van der Waals surface area contributed by atoms with Gasteiger partial charge in [0.2, 0.25) is 17.8 Å². The van der Waals surface area contributed by atoms with E-state index in [4.69, 9.17) is 10.7 Å². The maximum absolute atomic E-state index is 5.94. The van der Waals surface area contributed by atoms with Crippen LogP contribution in [-0.2, 0) is 0 Å². The predicted octanol–water partition coefficient (Wildman–Crippen LogP) is 2.21. The quantitative estimate of drug-likeness (QED) is 0.920. The molecule has 6 heteroatoms. The Kier molecular flexibility index (Phi) is 4.41. The monoisotopic (exact) mass is 290 g/mol. The van der Waals surface area contributed by atoms with Gasteiger partial charge in [-0.3, -0.25) is 0 Å². The third-order valence-electron chi connectivity index (χ3n) is 4.62. The normalized spacial score (nSPS) is 23.4. The summed E-state index contributed by atoms with van der Waals surface area (Å²) in [4.78, 5) is 18.1. The molecule has 6 nitrogen and oxygen atoms in total. The SMILES string of the molecule is CCC1CCCCCN1c1nc(N)nc(N2CCCC2)n1. The van der Waals surface area contributed by atoms with Crippen LogP contribution in [0.15, 0.2) is 0 Å². The zero-order valence-electron chi connectivity index (χ0n) is 13.0. The Labute approximate surface area is 126 Å². The Bertz CT molecular complexity index is 471. The number of anilines is 3. The van der Waals surface area contributed by atoms with Crippen molar-refractivity contribution in [1.82, 2.24) is 15.0 Å².